The van der Waals surface area contributed by atoms with Gasteiger partial charge in [0.1, 0.15) is 22.8 Å². The van der Waals surface area contributed by atoms with E-state index in [1.54, 1.807) is 45.6 Å². The molecule has 40 heavy (non-hydrogen) atoms. The number of phenols is 1. The third kappa shape index (κ3) is 4.54. The van der Waals surface area contributed by atoms with E-state index in [1.165, 1.54) is 9.80 Å². The van der Waals surface area contributed by atoms with Gasteiger partial charge in [-0.15, -0.1) is 6.54 Å². The van der Waals surface area contributed by atoms with E-state index in [1.807, 2.05) is 0 Å². The Balaban J connectivity index is 0.00000441. The molecule has 2 amide bonds. The quantitative estimate of drug-likeness (QED) is 0.153. The average Bonchev–Trinajstić information content (AvgIpc) is 2.85. The van der Waals surface area contributed by atoms with Crippen LogP contribution in [0.2, 0.25) is 0 Å². The van der Waals surface area contributed by atoms with E-state index in [2.05, 4.69) is 6.92 Å². The molecule has 0 saturated heterocycles. The topological polar surface area (TPSA) is 185 Å². The molecule has 1 aromatic carbocycles. The van der Waals surface area contributed by atoms with Crippen molar-refractivity contribution in [1.82, 2.24) is 9.80 Å². The van der Waals surface area contributed by atoms with E-state index < -0.39 is 58.0 Å². The Morgan fingerprint density at radius 2 is 1.82 bits per heavy atom. The number of nitrogens with zero attached hydrogens (tertiary/aromatic N) is 3. The number of ketones is 2. The number of fused-ring (bicyclic) bond motifs is 3. The smallest absolute Gasteiger partial charge is 0.255 e. The standard InChI is InChI=1S/C27H32N4O8.Y/c1-6-31(11-32)10-13-9-16(29(2)3)14-7-12-8-15-20(30(4)5)23(35)19(26(28)38)25(37)27(15,39)24(36)17(12)22(34)18(14)21(13)33;/h9,12,15,20,33-34,37,39H,1,6-8,10H2,2-5H3,(H2,28,38);/q-2;/t12?,15?,20?,27-;/m0./s1. The molecule has 0 heterocycles. The minimum atomic E-state index is -2.71. The van der Waals surface area contributed by atoms with E-state index in [9.17, 15) is 39.6 Å². The summed E-state index contributed by atoms with van der Waals surface area (Å²) in [6.07, 6.45) is 1.88. The number of hydrogen-bond acceptors (Lipinski definition) is 10. The zero-order chi connectivity index (χ0) is 29.1. The summed E-state index contributed by atoms with van der Waals surface area (Å²) in [7, 11) is 6.61. The first-order valence-corrected chi connectivity index (χ1v) is 12.3. The van der Waals surface area contributed by atoms with E-state index in [4.69, 9.17) is 5.73 Å². The van der Waals surface area contributed by atoms with E-state index in [0.29, 0.717) is 11.3 Å². The molecular formula is C27H32N4O8Y-2. The van der Waals surface area contributed by atoms with Crippen molar-refractivity contribution < 1.29 is 72.3 Å². The molecule has 4 rings (SSSR count). The van der Waals surface area contributed by atoms with Crippen molar-refractivity contribution in [2.45, 2.75) is 31.0 Å². The molecule has 0 aromatic heterocycles. The number of aliphatic hydroxyl groups excluding tert-OH is 2. The summed E-state index contributed by atoms with van der Waals surface area (Å²) in [6, 6.07) is 0.521. The van der Waals surface area contributed by atoms with Crippen molar-refractivity contribution in [3.63, 3.8) is 0 Å². The Bertz CT molecular complexity index is 1350. The number of aromatic hydroxyl groups is 1. The summed E-state index contributed by atoms with van der Waals surface area (Å²) >= 11 is 0. The van der Waals surface area contributed by atoms with Crippen molar-refractivity contribution in [1.29, 1.82) is 0 Å². The predicted octanol–water partition coefficient (Wildman–Crippen LogP) is -0.269. The average molecular weight is 629 g/mol. The van der Waals surface area contributed by atoms with E-state index >= 15 is 0 Å². The van der Waals surface area contributed by atoms with E-state index in [0.717, 1.165) is 0 Å². The minimum absolute atomic E-state index is 0. The second kappa shape index (κ2) is 11.2. The molecule has 13 heteroatoms. The number of primary amides is 1. The molecule has 0 bridgehead atoms. The van der Waals surface area contributed by atoms with Crippen LogP contribution in [0.25, 0.3) is 5.76 Å². The van der Waals surface area contributed by atoms with Gasteiger partial charge in [-0.2, -0.15) is 6.41 Å². The number of rotatable bonds is 7. The number of anilines is 1. The number of benzene rings is 1. The third-order valence-electron chi connectivity index (χ3n) is 8.02. The van der Waals surface area contributed by atoms with Gasteiger partial charge in [-0.1, -0.05) is 0 Å². The molecule has 1 aromatic rings. The largest absolute Gasteiger partial charge is 0.538 e. The summed E-state index contributed by atoms with van der Waals surface area (Å²) in [5.74, 6) is -7.12. The molecule has 1 saturated carbocycles. The number of carbonyl (C=O) groups excluding carboxylic acids is 4. The summed E-state index contributed by atoms with van der Waals surface area (Å²) in [6.45, 7) is 3.65. The predicted molar refractivity (Wildman–Crippen MR) is 140 cm³/mol. The second-order valence-corrected chi connectivity index (χ2v) is 10.6. The summed E-state index contributed by atoms with van der Waals surface area (Å²) in [4.78, 5) is 54.9. The maximum Gasteiger partial charge on any atom is 0.255 e. The van der Waals surface area contributed by atoms with Crippen molar-refractivity contribution in [3.8, 4) is 5.75 Å². The molecule has 3 aliphatic carbocycles. The molecule has 0 spiro atoms. The fraction of sp³-hybridized carbons (Fsp3) is 0.444. The Hall–Kier alpha value is -2.80. The second-order valence-electron chi connectivity index (χ2n) is 10.6. The summed E-state index contributed by atoms with van der Waals surface area (Å²) in [5, 5.41) is 45.3. The Morgan fingerprint density at radius 1 is 1.20 bits per heavy atom. The maximum absolute atomic E-state index is 14.0. The Labute approximate surface area is 257 Å². The number of carbonyl (C=O) groups is 3. The van der Waals surface area contributed by atoms with Gasteiger partial charge in [0.25, 0.3) is 5.91 Å². The first-order chi connectivity index (χ1) is 18.2. The van der Waals surface area contributed by atoms with Crippen LogP contribution in [0, 0.1) is 18.8 Å². The van der Waals surface area contributed by atoms with Gasteiger partial charge in [0, 0.05) is 76.1 Å². The van der Waals surface area contributed by atoms with Gasteiger partial charge in [0.05, 0.1) is 11.6 Å². The van der Waals surface area contributed by atoms with Crippen LogP contribution < -0.4 is 10.6 Å². The Kier molecular flexibility index (Phi) is 8.91. The fourth-order valence-corrected chi connectivity index (χ4v) is 6.23. The third-order valence-corrected chi connectivity index (χ3v) is 8.02. The molecule has 12 nitrogen and oxygen atoms in total. The molecule has 0 aliphatic heterocycles. The summed E-state index contributed by atoms with van der Waals surface area (Å²) < 4.78 is 0. The van der Waals surface area contributed by atoms with Gasteiger partial charge in [-0.25, -0.2) is 0 Å². The van der Waals surface area contributed by atoms with Gasteiger partial charge < -0.3 is 47.7 Å². The molecule has 1 fully saturated rings. The fourth-order valence-electron chi connectivity index (χ4n) is 6.23. The molecular weight excluding hydrogens is 597 g/mol. The van der Waals surface area contributed by atoms with Crippen LogP contribution in [0.3, 0.4) is 0 Å². The van der Waals surface area contributed by atoms with Gasteiger partial charge in [-0.3, -0.25) is 19.3 Å². The monoisotopic (exact) mass is 629 g/mol. The van der Waals surface area contributed by atoms with Crippen LogP contribution in [0.5, 0.6) is 5.75 Å². The van der Waals surface area contributed by atoms with Gasteiger partial charge >= 0.3 is 0 Å². The van der Waals surface area contributed by atoms with Gasteiger partial charge in [-0.05, 0) is 44.5 Å². The van der Waals surface area contributed by atoms with Gasteiger partial charge in [0.15, 0.2) is 11.4 Å². The van der Waals surface area contributed by atoms with E-state index in [-0.39, 0.29) is 81.1 Å². The number of hydrogen-bond donors (Lipinski definition) is 5. The number of phenolic OH excluding ortho intramolecular Hbond substituents is 1. The number of nitrogens with two attached hydrogens (primary N) is 1. The maximum atomic E-state index is 14.0. The zero-order valence-corrected chi connectivity index (χ0v) is 25.6. The van der Waals surface area contributed by atoms with Crippen molar-refractivity contribution in [3.05, 3.63) is 46.6 Å². The van der Waals surface area contributed by atoms with Crippen LogP contribution in [-0.4, -0.2) is 100 Å². The number of amides is 2. The van der Waals surface area contributed by atoms with Crippen LogP contribution >= 0.6 is 0 Å². The molecule has 3 aliphatic rings. The number of Topliss-reactive ketones (excluding diaryl/α,β-unsaturated/α-hetero) is 2. The first kappa shape index (κ1) is 31.7. The van der Waals surface area contributed by atoms with Gasteiger partial charge in [0.2, 0.25) is 5.78 Å². The minimum Gasteiger partial charge on any atom is -0.538 e. The van der Waals surface area contributed by atoms with Crippen molar-refractivity contribution in [2.24, 2.45) is 17.6 Å². The van der Waals surface area contributed by atoms with Crippen LogP contribution in [0.15, 0.2) is 23.0 Å². The SMILES string of the molecule is [CH2-]CN([C-]=O)Cc1cc(N(C)C)c2c(c1O)C(O)=C1C(=O)[C@]3(O)C(O)=C(C(N)=O)C(=O)C(N(C)C)C3CC1C2.[Y]. The van der Waals surface area contributed by atoms with Crippen LogP contribution in [-0.2, 0) is 64.9 Å². The Morgan fingerprint density at radius 3 is 2.33 bits per heavy atom. The molecule has 1 radical (unpaired) electrons. The zero-order valence-electron chi connectivity index (χ0n) is 22.8. The molecule has 6 N–H and O–H groups in total. The molecule has 4 atom stereocenters. The normalized spacial score (nSPS) is 25.6. The van der Waals surface area contributed by atoms with Crippen molar-refractivity contribution >= 4 is 35.3 Å². The molecule has 3 unspecified atom stereocenters. The molecule has 213 valence electrons. The van der Waals surface area contributed by atoms with Crippen LogP contribution in [0.1, 0.15) is 23.1 Å². The summed E-state index contributed by atoms with van der Waals surface area (Å²) in [5.41, 5.74) is 2.91. The van der Waals surface area contributed by atoms with Crippen LogP contribution in [0.4, 0.5) is 5.69 Å². The number of aliphatic hydroxyl groups is 3. The first-order valence-electron chi connectivity index (χ1n) is 12.3. The van der Waals surface area contributed by atoms with Crippen molar-refractivity contribution in [2.75, 3.05) is 39.6 Å². The number of likely N-dealkylation sites (N-methyl/N-ethyl adjacent to an activating group) is 1.